The van der Waals surface area contributed by atoms with Crippen LogP contribution in [0, 0.1) is 0 Å². The van der Waals surface area contributed by atoms with E-state index in [-0.39, 0.29) is 29.3 Å². The monoisotopic (exact) mass is 385 g/mol. The molecule has 8 heteroatoms. The molecule has 2 aromatic rings. The van der Waals surface area contributed by atoms with E-state index in [9.17, 15) is 16.8 Å². The van der Waals surface area contributed by atoms with E-state index in [0.29, 0.717) is 5.02 Å². The van der Waals surface area contributed by atoms with Gasteiger partial charge in [-0.25, -0.2) is 16.8 Å². The van der Waals surface area contributed by atoms with Crippen LogP contribution in [0.4, 0.5) is 0 Å². The largest absolute Gasteiger partial charge is 0.243 e. The molecular weight excluding hydrogens is 370 g/mol. The van der Waals surface area contributed by atoms with E-state index in [1.165, 1.54) is 28.6 Å². The van der Waals surface area contributed by atoms with Gasteiger partial charge in [0, 0.05) is 18.1 Å². The Bertz CT molecular complexity index is 943. The lowest BCUT2D eigenvalue weighted by Gasteiger charge is -2.17. The molecule has 1 heterocycles. The van der Waals surface area contributed by atoms with Crippen molar-refractivity contribution in [2.45, 2.75) is 21.5 Å². The zero-order chi connectivity index (χ0) is 17.4. The van der Waals surface area contributed by atoms with Crippen LogP contribution in [0.3, 0.4) is 0 Å². The molecular formula is C16H16ClNO4S2. The highest BCUT2D eigenvalue weighted by Gasteiger charge is 2.39. The van der Waals surface area contributed by atoms with Gasteiger partial charge >= 0.3 is 0 Å². The quantitative estimate of drug-likeness (QED) is 0.810. The average Bonchev–Trinajstić information content (AvgIpc) is 3.07. The SMILES string of the molecule is O=S(=O)(c1ccccc1)C1CCN(S(=O)(=O)c2cccc(Cl)c2)C1. The second kappa shape index (κ2) is 6.48. The summed E-state index contributed by atoms with van der Waals surface area (Å²) >= 11 is 5.86. The van der Waals surface area contributed by atoms with E-state index >= 15 is 0 Å². The van der Waals surface area contributed by atoms with E-state index in [1.54, 1.807) is 30.3 Å². The van der Waals surface area contributed by atoms with Crippen LogP contribution in [0.25, 0.3) is 0 Å². The maximum absolute atomic E-state index is 12.7. The highest BCUT2D eigenvalue weighted by atomic mass is 35.5. The minimum atomic E-state index is -3.75. The predicted molar refractivity (Wildman–Crippen MR) is 92.2 cm³/mol. The highest BCUT2D eigenvalue weighted by molar-refractivity contribution is 7.92. The molecule has 1 unspecified atom stereocenters. The number of hydrogen-bond donors (Lipinski definition) is 0. The lowest BCUT2D eigenvalue weighted by Crippen LogP contribution is -2.32. The molecule has 0 saturated carbocycles. The molecule has 1 atom stereocenters. The van der Waals surface area contributed by atoms with E-state index in [4.69, 9.17) is 11.6 Å². The van der Waals surface area contributed by atoms with Crippen LogP contribution in [0.1, 0.15) is 6.42 Å². The van der Waals surface area contributed by atoms with E-state index in [1.807, 2.05) is 0 Å². The molecule has 2 aromatic carbocycles. The van der Waals surface area contributed by atoms with Crippen molar-refractivity contribution in [2.24, 2.45) is 0 Å². The lowest BCUT2D eigenvalue weighted by atomic mass is 10.4. The zero-order valence-corrected chi connectivity index (χ0v) is 15.1. The fourth-order valence-electron chi connectivity index (χ4n) is 2.75. The predicted octanol–water partition coefficient (Wildman–Crippen LogP) is 2.58. The van der Waals surface area contributed by atoms with Gasteiger partial charge in [-0.1, -0.05) is 35.9 Å². The number of halogens is 1. The Morgan fingerprint density at radius 1 is 0.917 bits per heavy atom. The number of sulfonamides is 1. The van der Waals surface area contributed by atoms with Gasteiger partial charge in [-0.05, 0) is 36.8 Å². The second-order valence-corrected chi connectivity index (χ2v) is 10.2. The van der Waals surface area contributed by atoms with E-state index in [2.05, 4.69) is 0 Å². The van der Waals surface area contributed by atoms with Gasteiger partial charge in [0.2, 0.25) is 10.0 Å². The van der Waals surface area contributed by atoms with Gasteiger partial charge in [0.25, 0.3) is 0 Å². The molecule has 1 aliphatic heterocycles. The summed E-state index contributed by atoms with van der Waals surface area (Å²) in [5.74, 6) is 0. The molecule has 0 aliphatic carbocycles. The number of nitrogens with zero attached hydrogens (tertiary/aromatic N) is 1. The summed E-state index contributed by atoms with van der Waals surface area (Å²) in [6, 6.07) is 14.1. The smallest absolute Gasteiger partial charge is 0.223 e. The molecule has 0 N–H and O–H groups in total. The van der Waals surface area contributed by atoms with Crippen molar-refractivity contribution in [2.75, 3.05) is 13.1 Å². The van der Waals surface area contributed by atoms with Gasteiger partial charge in [-0.3, -0.25) is 0 Å². The lowest BCUT2D eigenvalue weighted by molar-refractivity contribution is 0.476. The molecule has 24 heavy (non-hydrogen) atoms. The van der Waals surface area contributed by atoms with Crippen LogP contribution in [0.2, 0.25) is 5.02 Å². The maximum Gasteiger partial charge on any atom is 0.243 e. The fraction of sp³-hybridized carbons (Fsp3) is 0.250. The highest BCUT2D eigenvalue weighted by Crippen LogP contribution is 2.28. The Kier molecular flexibility index (Phi) is 4.70. The summed E-state index contributed by atoms with van der Waals surface area (Å²) < 4.78 is 51.9. The van der Waals surface area contributed by atoms with E-state index < -0.39 is 25.1 Å². The average molecular weight is 386 g/mol. The summed E-state index contributed by atoms with van der Waals surface area (Å²) in [5, 5.41) is -0.419. The molecule has 1 fully saturated rings. The van der Waals surface area contributed by atoms with Crippen LogP contribution in [0.5, 0.6) is 0 Å². The maximum atomic E-state index is 12.7. The summed E-state index contributed by atoms with van der Waals surface area (Å²) in [7, 11) is -7.31. The summed E-state index contributed by atoms with van der Waals surface area (Å²) in [6.07, 6.45) is 0.275. The summed E-state index contributed by atoms with van der Waals surface area (Å²) in [6.45, 7) is 0.123. The topological polar surface area (TPSA) is 71.5 Å². The third kappa shape index (κ3) is 3.21. The Morgan fingerprint density at radius 3 is 2.25 bits per heavy atom. The molecule has 128 valence electrons. The van der Waals surface area contributed by atoms with Crippen molar-refractivity contribution in [1.29, 1.82) is 0 Å². The van der Waals surface area contributed by atoms with Crippen molar-refractivity contribution in [3.8, 4) is 0 Å². The van der Waals surface area contributed by atoms with Crippen molar-refractivity contribution in [3.05, 3.63) is 59.6 Å². The normalized spacial score (nSPS) is 19.5. The van der Waals surface area contributed by atoms with Crippen LogP contribution >= 0.6 is 11.6 Å². The van der Waals surface area contributed by atoms with Crippen molar-refractivity contribution < 1.29 is 16.8 Å². The first kappa shape index (κ1) is 17.4. The Labute approximate surface area is 146 Å². The molecule has 0 aromatic heterocycles. The van der Waals surface area contributed by atoms with Crippen molar-refractivity contribution in [3.63, 3.8) is 0 Å². The zero-order valence-electron chi connectivity index (χ0n) is 12.7. The number of rotatable bonds is 4. The van der Waals surface area contributed by atoms with Gasteiger partial charge < -0.3 is 0 Å². The van der Waals surface area contributed by atoms with Gasteiger partial charge in [0.15, 0.2) is 9.84 Å². The van der Waals surface area contributed by atoms with Crippen LogP contribution in [0.15, 0.2) is 64.4 Å². The first-order chi connectivity index (χ1) is 11.3. The fourth-order valence-corrected chi connectivity index (χ4v) is 6.36. The number of sulfone groups is 1. The third-order valence-electron chi connectivity index (χ3n) is 4.05. The molecule has 3 rings (SSSR count). The third-order valence-corrected chi connectivity index (χ3v) is 8.34. The molecule has 1 saturated heterocycles. The van der Waals surface area contributed by atoms with Crippen molar-refractivity contribution >= 4 is 31.5 Å². The minimum absolute atomic E-state index is 0.0495. The summed E-state index contributed by atoms with van der Waals surface area (Å²) in [4.78, 5) is 0.296. The van der Waals surface area contributed by atoms with Crippen LogP contribution in [-0.2, 0) is 19.9 Å². The molecule has 0 bridgehead atoms. The molecule has 0 spiro atoms. The van der Waals surface area contributed by atoms with Gasteiger partial charge in [0.1, 0.15) is 0 Å². The Balaban J connectivity index is 1.85. The van der Waals surface area contributed by atoms with Crippen LogP contribution in [-0.4, -0.2) is 39.5 Å². The van der Waals surface area contributed by atoms with Gasteiger partial charge in [-0.2, -0.15) is 4.31 Å². The van der Waals surface area contributed by atoms with Crippen molar-refractivity contribution in [1.82, 2.24) is 4.31 Å². The summed E-state index contributed by atoms with van der Waals surface area (Å²) in [5.41, 5.74) is 0. The minimum Gasteiger partial charge on any atom is -0.223 e. The second-order valence-electron chi connectivity index (χ2n) is 5.59. The number of hydrogen-bond acceptors (Lipinski definition) is 4. The first-order valence-electron chi connectivity index (χ1n) is 7.36. The van der Waals surface area contributed by atoms with Gasteiger partial charge in [0.05, 0.1) is 15.0 Å². The van der Waals surface area contributed by atoms with Gasteiger partial charge in [-0.15, -0.1) is 0 Å². The standard InChI is InChI=1S/C16H16ClNO4S2/c17-13-5-4-8-15(11-13)24(21,22)18-10-9-16(12-18)23(19,20)14-6-2-1-3-7-14/h1-8,11,16H,9-10,12H2. The molecule has 0 radical (unpaired) electrons. The molecule has 5 nitrogen and oxygen atoms in total. The number of benzene rings is 2. The first-order valence-corrected chi connectivity index (χ1v) is 10.7. The van der Waals surface area contributed by atoms with Crippen LogP contribution < -0.4 is 0 Å². The van der Waals surface area contributed by atoms with E-state index in [0.717, 1.165) is 0 Å². The molecule has 0 amide bonds. The molecule has 1 aliphatic rings. The Hall–Kier alpha value is -1.41. The Morgan fingerprint density at radius 2 is 1.58 bits per heavy atom.